The van der Waals surface area contributed by atoms with E-state index in [-0.39, 0.29) is 17.2 Å². The molecule has 2 aromatic heterocycles. The van der Waals surface area contributed by atoms with Crippen LogP contribution in [0.15, 0.2) is 42.7 Å². The minimum atomic E-state index is -3.37. The van der Waals surface area contributed by atoms with Gasteiger partial charge in [-0.3, -0.25) is 4.72 Å². The van der Waals surface area contributed by atoms with Gasteiger partial charge in [-0.15, -0.1) is 0 Å². The highest BCUT2D eigenvalue weighted by atomic mass is 32.2. The van der Waals surface area contributed by atoms with Crippen molar-refractivity contribution in [3.63, 3.8) is 0 Å². The number of halogens is 1. The molecule has 0 saturated heterocycles. The van der Waals surface area contributed by atoms with Crippen LogP contribution in [0, 0.1) is 12.7 Å². The fraction of sp³-hybridized carbons (Fsp3) is 0.174. The average Bonchev–Trinajstić information content (AvgIpc) is 2.82. The minimum Gasteiger partial charge on any atom is -0.474 e. The van der Waals surface area contributed by atoms with Crippen LogP contribution in [0.25, 0.3) is 22.0 Å². The lowest BCUT2D eigenvalue weighted by molar-refractivity contribution is 0.310. The summed E-state index contributed by atoms with van der Waals surface area (Å²) in [6, 6.07) is 8.21. The summed E-state index contributed by atoms with van der Waals surface area (Å²) in [5.41, 5.74) is 9.96. The molecule has 10 nitrogen and oxygen atoms in total. The SMILES string of the molecule is Cc1c(-c2cc3nc(Nc4ccc(NS(C)(=O)=O)cc4)ncc3c(N)c2F)cnc2c1NCCO2. The van der Waals surface area contributed by atoms with Crippen molar-refractivity contribution < 1.29 is 17.5 Å². The molecule has 12 heteroatoms. The van der Waals surface area contributed by atoms with Crippen LogP contribution in [0.4, 0.5) is 33.1 Å². The van der Waals surface area contributed by atoms with Crippen LogP contribution in [0.3, 0.4) is 0 Å². The minimum absolute atomic E-state index is 0.0541. The molecule has 0 radical (unpaired) electrons. The lowest BCUT2D eigenvalue weighted by Crippen LogP contribution is -2.20. The van der Waals surface area contributed by atoms with Gasteiger partial charge in [0.15, 0.2) is 5.82 Å². The summed E-state index contributed by atoms with van der Waals surface area (Å²) in [7, 11) is -3.37. The molecule has 1 aliphatic rings. The molecule has 0 atom stereocenters. The van der Waals surface area contributed by atoms with Crippen molar-refractivity contribution in [2.24, 2.45) is 0 Å². The maximum Gasteiger partial charge on any atom is 0.237 e. The van der Waals surface area contributed by atoms with Crippen LogP contribution < -0.4 is 25.8 Å². The number of aromatic nitrogens is 3. The number of nitrogen functional groups attached to an aromatic ring is 1. The predicted molar refractivity (Wildman–Crippen MR) is 134 cm³/mol. The van der Waals surface area contributed by atoms with Gasteiger partial charge >= 0.3 is 0 Å². The van der Waals surface area contributed by atoms with Crippen LogP contribution in [-0.2, 0) is 10.0 Å². The average molecular weight is 496 g/mol. The van der Waals surface area contributed by atoms with Gasteiger partial charge in [0, 0.05) is 46.8 Å². The maximum absolute atomic E-state index is 15.3. The van der Waals surface area contributed by atoms with E-state index in [0.29, 0.717) is 46.9 Å². The van der Waals surface area contributed by atoms with Gasteiger partial charge in [0.05, 0.1) is 17.5 Å². The summed E-state index contributed by atoms with van der Waals surface area (Å²) in [5.74, 6) is 0.184. The normalized spacial score (nSPS) is 13.0. The van der Waals surface area contributed by atoms with Crippen molar-refractivity contribution in [3.05, 3.63) is 54.1 Å². The number of nitrogens with zero attached hydrogens (tertiary/aromatic N) is 3. The van der Waals surface area contributed by atoms with Gasteiger partial charge in [0.25, 0.3) is 0 Å². The van der Waals surface area contributed by atoms with Gasteiger partial charge in [-0.2, -0.15) is 0 Å². The van der Waals surface area contributed by atoms with Crippen LogP contribution >= 0.6 is 0 Å². The third-order valence-electron chi connectivity index (χ3n) is 5.54. The van der Waals surface area contributed by atoms with E-state index in [1.54, 1.807) is 36.5 Å². The van der Waals surface area contributed by atoms with Crippen molar-refractivity contribution >= 4 is 49.6 Å². The van der Waals surface area contributed by atoms with E-state index in [4.69, 9.17) is 10.5 Å². The largest absolute Gasteiger partial charge is 0.474 e. The third-order valence-corrected chi connectivity index (χ3v) is 6.15. The van der Waals surface area contributed by atoms with Gasteiger partial charge in [0.1, 0.15) is 12.3 Å². The zero-order valence-corrected chi connectivity index (χ0v) is 19.7. The van der Waals surface area contributed by atoms with Crippen molar-refractivity contribution in [1.82, 2.24) is 15.0 Å². The first-order chi connectivity index (χ1) is 16.7. The number of benzene rings is 2. The molecule has 0 spiro atoms. The van der Waals surface area contributed by atoms with E-state index >= 15 is 4.39 Å². The number of hydrogen-bond acceptors (Lipinski definition) is 9. The fourth-order valence-corrected chi connectivity index (χ4v) is 4.45. The van der Waals surface area contributed by atoms with Crippen LogP contribution in [0.1, 0.15) is 5.56 Å². The van der Waals surface area contributed by atoms with E-state index < -0.39 is 15.8 Å². The number of pyridine rings is 1. The van der Waals surface area contributed by atoms with E-state index in [0.717, 1.165) is 17.5 Å². The van der Waals surface area contributed by atoms with E-state index in [2.05, 4.69) is 30.3 Å². The molecule has 0 bridgehead atoms. The Morgan fingerprint density at radius 2 is 1.86 bits per heavy atom. The van der Waals surface area contributed by atoms with Gasteiger partial charge in [-0.25, -0.2) is 27.8 Å². The Morgan fingerprint density at radius 3 is 2.60 bits per heavy atom. The first kappa shape index (κ1) is 22.6. The molecular formula is C23H22FN7O3S. The summed E-state index contributed by atoms with van der Waals surface area (Å²) < 4.78 is 46.0. The maximum atomic E-state index is 15.3. The molecule has 0 unspecified atom stereocenters. The number of fused-ring (bicyclic) bond motifs is 2. The Bertz CT molecular complexity index is 1560. The Kier molecular flexibility index (Phi) is 5.52. The summed E-state index contributed by atoms with van der Waals surface area (Å²) >= 11 is 0. The topological polar surface area (TPSA) is 144 Å². The smallest absolute Gasteiger partial charge is 0.237 e. The van der Waals surface area contributed by atoms with Gasteiger partial charge in [-0.1, -0.05) is 0 Å². The lowest BCUT2D eigenvalue weighted by atomic mass is 9.98. The first-order valence-corrected chi connectivity index (χ1v) is 12.5. The van der Waals surface area contributed by atoms with Crippen molar-refractivity contribution in [2.75, 3.05) is 40.5 Å². The molecule has 5 N–H and O–H groups in total. The Morgan fingerprint density at radius 1 is 1.11 bits per heavy atom. The van der Waals surface area contributed by atoms with E-state index in [1.165, 1.54) is 6.20 Å². The molecule has 0 fully saturated rings. The van der Waals surface area contributed by atoms with E-state index in [1.807, 2.05) is 6.92 Å². The van der Waals surface area contributed by atoms with E-state index in [9.17, 15) is 8.42 Å². The van der Waals surface area contributed by atoms with Crippen molar-refractivity contribution in [2.45, 2.75) is 6.92 Å². The van der Waals surface area contributed by atoms with Crippen LogP contribution in [-0.4, -0.2) is 42.8 Å². The standard InChI is InChI=1S/C23H22FN7O3S/c1-12-16(10-27-22-21(12)26-7-8-34-22)15-9-18-17(20(25)19(15)24)11-28-23(30-18)29-13-3-5-14(6-4-13)31-35(2,32)33/h3-6,9-11,26,31H,7-8,25H2,1-2H3,(H,28,29,30). The lowest BCUT2D eigenvalue weighted by Gasteiger charge is -2.22. The number of sulfonamides is 1. The molecule has 5 rings (SSSR count). The highest BCUT2D eigenvalue weighted by Gasteiger charge is 2.21. The van der Waals surface area contributed by atoms with Gasteiger partial charge < -0.3 is 21.1 Å². The number of rotatable bonds is 5. The predicted octanol–water partition coefficient (Wildman–Crippen LogP) is 3.64. The second-order valence-corrected chi connectivity index (χ2v) is 9.86. The summed E-state index contributed by atoms with van der Waals surface area (Å²) in [4.78, 5) is 13.1. The van der Waals surface area contributed by atoms with Crippen molar-refractivity contribution in [1.29, 1.82) is 0 Å². The molecule has 35 heavy (non-hydrogen) atoms. The highest BCUT2D eigenvalue weighted by molar-refractivity contribution is 7.92. The quantitative estimate of drug-likeness (QED) is 0.305. The molecule has 2 aromatic carbocycles. The first-order valence-electron chi connectivity index (χ1n) is 10.7. The summed E-state index contributed by atoms with van der Waals surface area (Å²) in [5, 5.41) is 6.69. The molecule has 0 saturated carbocycles. The second-order valence-electron chi connectivity index (χ2n) is 8.11. The number of anilines is 5. The molecule has 0 amide bonds. The Balaban J connectivity index is 1.51. The van der Waals surface area contributed by atoms with Crippen LogP contribution in [0.2, 0.25) is 0 Å². The zero-order chi connectivity index (χ0) is 24.7. The highest BCUT2D eigenvalue weighted by Crippen LogP contribution is 2.39. The Hall–Kier alpha value is -4.19. The monoisotopic (exact) mass is 495 g/mol. The van der Waals surface area contributed by atoms with Crippen LogP contribution in [0.5, 0.6) is 5.88 Å². The molecule has 180 valence electrons. The molecular weight excluding hydrogens is 473 g/mol. The Labute approximate surface area is 200 Å². The molecule has 0 aliphatic carbocycles. The zero-order valence-electron chi connectivity index (χ0n) is 18.9. The van der Waals surface area contributed by atoms with Gasteiger partial charge in [-0.05, 0) is 42.8 Å². The van der Waals surface area contributed by atoms with Crippen molar-refractivity contribution in [3.8, 4) is 17.0 Å². The number of nitrogens with two attached hydrogens (primary N) is 1. The summed E-state index contributed by atoms with van der Waals surface area (Å²) in [6.45, 7) is 3.02. The third kappa shape index (κ3) is 4.47. The van der Waals surface area contributed by atoms with Gasteiger partial charge in [0.2, 0.25) is 21.9 Å². The molecule has 4 aromatic rings. The molecule has 3 heterocycles. The fourth-order valence-electron chi connectivity index (χ4n) is 3.89. The number of hydrogen-bond donors (Lipinski definition) is 4. The number of nitrogens with one attached hydrogen (secondary N) is 3. The second kappa shape index (κ2) is 8.55. The summed E-state index contributed by atoms with van der Waals surface area (Å²) in [6.07, 6.45) is 4.11. The molecule has 1 aliphatic heterocycles. The number of ether oxygens (including phenoxy) is 1.